The first kappa shape index (κ1) is 24.3. The van der Waals surface area contributed by atoms with Crippen LogP contribution in [0.4, 0.5) is 13.2 Å². The van der Waals surface area contributed by atoms with Gasteiger partial charge in [-0.2, -0.15) is 4.39 Å². The van der Waals surface area contributed by atoms with Gasteiger partial charge in [0.15, 0.2) is 17.2 Å². The monoisotopic (exact) mass is 519 g/mol. The second kappa shape index (κ2) is 9.70. The van der Waals surface area contributed by atoms with Gasteiger partial charge in [-0.05, 0) is 60.7 Å². The normalized spacial score (nSPS) is 17.5. The summed E-state index contributed by atoms with van der Waals surface area (Å²) < 4.78 is 51.3. The molecule has 0 radical (unpaired) electrons. The number of rotatable bonds is 6. The molecule has 0 spiro atoms. The second-order valence-corrected chi connectivity index (χ2v) is 9.55. The fraction of sp³-hybridized carbons (Fsp3) is 0.250. The number of aryl methyl sites for hydroxylation is 1. The van der Waals surface area contributed by atoms with Crippen molar-refractivity contribution < 1.29 is 22.7 Å². The predicted octanol–water partition coefficient (Wildman–Crippen LogP) is 5.38. The van der Waals surface area contributed by atoms with Crippen molar-refractivity contribution in [2.24, 2.45) is 7.05 Å². The highest BCUT2D eigenvalue weighted by Crippen LogP contribution is 2.35. The van der Waals surface area contributed by atoms with Gasteiger partial charge in [0, 0.05) is 36.3 Å². The second-order valence-electron chi connectivity index (χ2n) is 9.55. The Kier molecular flexibility index (Phi) is 6.21. The van der Waals surface area contributed by atoms with Crippen LogP contribution in [-0.4, -0.2) is 37.0 Å². The number of hydrogen-bond acceptors (Lipinski definition) is 6. The van der Waals surface area contributed by atoms with Crippen molar-refractivity contribution in [2.45, 2.75) is 38.0 Å². The zero-order valence-electron chi connectivity index (χ0n) is 20.5. The van der Waals surface area contributed by atoms with Crippen LogP contribution in [-0.2, 0) is 13.6 Å². The molecule has 0 saturated heterocycles. The van der Waals surface area contributed by atoms with E-state index in [0.717, 1.165) is 18.4 Å². The van der Waals surface area contributed by atoms with Crippen molar-refractivity contribution in [1.29, 1.82) is 0 Å². The molecule has 1 aliphatic carbocycles. The Balaban J connectivity index is 1.36. The molecule has 0 aliphatic heterocycles. The number of nitrogens with zero attached hydrogens (tertiary/aromatic N) is 4. The standard InChI is InChI=1S/C28H24F3N5O2/c1-36-14-33-35-27(36)20-12-18(29)8-9-19(20)15-4-2-5-16(10-15)28-34-22-11-17(24(30)25(31)26(22)38-28)13-32-21-6-3-7-23(21)37/h2,4-5,8-12,14,21,23,32,37H,3,6-7,13H2,1H3/t21-,23+/m1/s1. The Hall–Kier alpha value is -4.02. The Labute approximate surface area is 216 Å². The molecule has 2 atom stereocenters. The first-order valence-corrected chi connectivity index (χ1v) is 12.3. The lowest BCUT2D eigenvalue weighted by atomic mass is 9.97. The smallest absolute Gasteiger partial charge is 0.227 e. The van der Waals surface area contributed by atoms with Crippen LogP contribution in [0.2, 0.25) is 0 Å². The molecule has 3 aromatic carbocycles. The minimum Gasteiger partial charge on any atom is -0.433 e. The highest BCUT2D eigenvalue weighted by Gasteiger charge is 2.26. The highest BCUT2D eigenvalue weighted by atomic mass is 19.2. The zero-order valence-corrected chi connectivity index (χ0v) is 20.5. The zero-order chi connectivity index (χ0) is 26.4. The molecular formula is C28H24F3N5O2. The molecule has 1 fully saturated rings. The fourth-order valence-corrected chi connectivity index (χ4v) is 5.03. The molecule has 194 valence electrons. The van der Waals surface area contributed by atoms with Gasteiger partial charge < -0.3 is 19.4 Å². The molecule has 1 aliphatic rings. The molecule has 2 aromatic heterocycles. The lowest BCUT2D eigenvalue weighted by Crippen LogP contribution is -2.35. The average Bonchev–Trinajstić information content (AvgIpc) is 3.65. The van der Waals surface area contributed by atoms with Gasteiger partial charge in [-0.3, -0.25) is 0 Å². The summed E-state index contributed by atoms with van der Waals surface area (Å²) >= 11 is 0. The minimum absolute atomic E-state index is 0.0630. The van der Waals surface area contributed by atoms with Crippen molar-refractivity contribution in [1.82, 2.24) is 25.1 Å². The number of aliphatic hydroxyl groups is 1. The van der Waals surface area contributed by atoms with Crippen LogP contribution >= 0.6 is 0 Å². The number of hydrogen-bond donors (Lipinski definition) is 2. The van der Waals surface area contributed by atoms with Gasteiger partial charge in [0.1, 0.15) is 17.7 Å². The predicted molar refractivity (Wildman–Crippen MR) is 135 cm³/mol. The van der Waals surface area contributed by atoms with Crippen molar-refractivity contribution >= 4 is 11.1 Å². The molecule has 0 bridgehead atoms. The Morgan fingerprint density at radius 2 is 1.87 bits per heavy atom. The van der Waals surface area contributed by atoms with Crippen LogP contribution < -0.4 is 5.32 Å². The van der Waals surface area contributed by atoms with E-state index in [2.05, 4.69) is 20.5 Å². The maximum absolute atomic E-state index is 15.0. The third kappa shape index (κ3) is 4.35. The van der Waals surface area contributed by atoms with Gasteiger partial charge >= 0.3 is 0 Å². The van der Waals surface area contributed by atoms with E-state index in [1.807, 2.05) is 6.07 Å². The molecule has 0 unspecified atom stereocenters. The summed E-state index contributed by atoms with van der Waals surface area (Å²) in [5.41, 5.74) is 2.57. The van der Waals surface area contributed by atoms with Gasteiger partial charge in [-0.1, -0.05) is 18.2 Å². The van der Waals surface area contributed by atoms with Gasteiger partial charge in [0.05, 0.1) is 6.10 Å². The lowest BCUT2D eigenvalue weighted by molar-refractivity contribution is 0.148. The van der Waals surface area contributed by atoms with Gasteiger partial charge in [-0.15, -0.1) is 10.2 Å². The molecular weight excluding hydrogens is 495 g/mol. The number of aliphatic hydroxyl groups excluding tert-OH is 1. The molecule has 7 nitrogen and oxygen atoms in total. The molecule has 5 aromatic rings. The van der Waals surface area contributed by atoms with Crippen molar-refractivity contribution in [3.8, 4) is 34.0 Å². The first-order chi connectivity index (χ1) is 18.4. The largest absolute Gasteiger partial charge is 0.433 e. The van der Waals surface area contributed by atoms with E-state index < -0.39 is 23.6 Å². The van der Waals surface area contributed by atoms with Crippen LogP contribution in [0.3, 0.4) is 0 Å². The van der Waals surface area contributed by atoms with Gasteiger partial charge in [0.25, 0.3) is 0 Å². The number of aromatic nitrogens is 4. The summed E-state index contributed by atoms with van der Waals surface area (Å²) in [7, 11) is 1.77. The van der Waals surface area contributed by atoms with Crippen LogP contribution in [0.5, 0.6) is 0 Å². The third-order valence-corrected chi connectivity index (χ3v) is 7.03. The molecule has 2 N–H and O–H groups in total. The van der Waals surface area contributed by atoms with Crippen LogP contribution in [0.25, 0.3) is 45.1 Å². The molecule has 10 heteroatoms. The number of nitrogens with one attached hydrogen (secondary N) is 1. The SMILES string of the molecule is Cn1cnnc1-c1cc(F)ccc1-c1cccc(-c2nc3cc(CN[C@@H]4CCC[C@@H]4O)c(F)c(F)c3o2)c1. The van der Waals surface area contributed by atoms with Gasteiger partial charge in [0.2, 0.25) is 11.7 Å². The van der Waals surface area contributed by atoms with Crippen LogP contribution in [0, 0.1) is 17.5 Å². The van der Waals surface area contributed by atoms with Crippen molar-refractivity contribution in [2.75, 3.05) is 0 Å². The van der Waals surface area contributed by atoms with Crippen molar-refractivity contribution in [3.63, 3.8) is 0 Å². The first-order valence-electron chi connectivity index (χ1n) is 12.3. The molecule has 1 saturated carbocycles. The van der Waals surface area contributed by atoms with E-state index in [-0.39, 0.29) is 35.1 Å². The average molecular weight is 520 g/mol. The number of oxazole rings is 1. The van der Waals surface area contributed by atoms with E-state index in [1.54, 1.807) is 35.9 Å². The summed E-state index contributed by atoms with van der Waals surface area (Å²) in [5, 5.41) is 21.1. The summed E-state index contributed by atoms with van der Waals surface area (Å²) in [6, 6.07) is 12.9. The third-order valence-electron chi connectivity index (χ3n) is 7.03. The summed E-state index contributed by atoms with van der Waals surface area (Å²) in [5.74, 6) is -1.90. The van der Waals surface area contributed by atoms with Crippen LogP contribution in [0.15, 0.2) is 59.3 Å². The maximum atomic E-state index is 15.0. The molecule has 0 amide bonds. The summed E-state index contributed by atoms with van der Waals surface area (Å²) in [6.45, 7) is 0.0630. The van der Waals surface area contributed by atoms with E-state index in [4.69, 9.17) is 4.42 Å². The molecule has 6 rings (SSSR count). The lowest BCUT2D eigenvalue weighted by Gasteiger charge is -2.16. The molecule has 2 heterocycles. The number of fused-ring (bicyclic) bond motifs is 1. The Morgan fingerprint density at radius 1 is 1.03 bits per heavy atom. The highest BCUT2D eigenvalue weighted by molar-refractivity contribution is 5.83. The van der Waals surface area contributed by atoms with E-state index >= 15 is 0 Å². The minimum atomic E-state index is -1.11. The topological polar surface area (TPSA) is 89.0 Å². The Morgan fingerprint density at radius 3 is 2.63 bits per heavy atom. The van der Waals surface area contributed by atoms with Crippen LogP contribution in [0.1, 0.15) is 24.8 Å². The van der Waals surface area contributed by atoms with Gasteiger partial charge in [-0.25, -0.2) is 13.8 Å². The number of benzene rings is 3. The maximum Gasteiger partial charge on any atom is 0.227 e. The summed E-state index contributed by atoms with van der Waals surface area (Å²) in [6.07, 6.45) is 3.40. The summed E-state index contributed by atoms with van der Waals surface area (Å²) in [4.78, 5) is 4.44. The van der Waals surface area contributed by atoms with E-state index in [9.17, 15) is 18.3 Å². The van der Waals surface area contributed by atoms with Crippen molar-refractivity contribution in [3.05, 3.63) is 77.9 Å². The fourth-order valence-electron chi connectivity index (χ4n) is 5.03. The molecule has 38 heavy (non-hydrogen) atoms. The van der Waals surface area contributed by atoms with E-state index in [1.165, 1.54) is 24.5 Å². The Bertz CT molecular complexity index is 1650. The quantitative estimate of drug-likeness (QED) is 0.313. The number of halogens is 3. The van der Waals surface area contributed by atoms with E-state index in [0.29, 0.717) is 28.9 Å².